The Kier molecular flexibility index (Phi) is 7.60. The van der Waals surface area contributed by atoms with E-state index in [2.05, 4.69) is 4.74 Å². The lowest BCUT2D eigenvalue weighted by Gasteiger charge is -2.04. The van der Waals surface area contributed by atoms with E-state index in [1.54, 1.807) is 6.92 Å². The summed E-state index contributed by atoms with van der Waals surface area (Å²) in [6, 6.07) is 0. The first-order valence-electron chi connectivity index (χ1n) is 5.30. The summed E-state index contributed by atoms with van der Waals surface area (Å²) in [6.45, 7) is 3.44. The van der Waals surface area contributed by atoms with Crippen LogP contribution in [0.4, 0.5) is 0 Å². The van der Waals surface area contributed by atoms with E-state index < -0.39 is 0 Å². The van der Waals surface area contributed by atoms with Gasteiger partial charge in [-0.1, -0.05) is 19.1 Å². The van der Waals surface area contributed by atoms with Crippen LogP contribution in [0.3, 0.4) is 0 Å². The number of ketones is 1. The molecule has 0 aromatic carbocycles. The summed E-state index contributed by atoms with van der Waals surface area (Å²) in [4.78, 5) is 21.6. The highest BCUT2D eigenvalue weighted by Gasteiger charge is 2.09. The average Bonchev–Trinajstić information content (AvgIpc) is 2.21. The third-order valence-corrected chi connectivity index (χ3v) is 2.16. The van der Waals surface area contributed by atoms with Gasteiger partial charge in [-0.05, 0) is 26.2 Å². The molecule has 0 rings (SSSR count). The fourth-order valence-corrected chi connectivity index (χ4v) is 1.18. The van der Waals surface area contributed by atoms with Crippen molar-refractivity contribution in [3.63, 3.8) is 0 Å². The summed E-state index contributed by atoms with van der Waals surface area (Å²) in [5.41, 5.74) is 0. The van der Waals surface area contributed by atoms with Crippen molar-refractivity contribution in [1.29, 1.82) is 0 Å². The Bertz CT molecular complexity index is 231. The van der Waals surface area contributed by atoms with Gasteiger partial charge in [0.25, 0.3) is 0 Å². The first-order chi connectivity index (χ1) is 7.07. The number of carbonyl (C=O) groups excluding carboxylic acids is 2. The van der Waals surface area contributed by atoms with Crippen molar-refractivity contribution in [2.24, 2.45) is 5.92 Å². The SMILES string of the molecule is COC(=O)C(C)C/C=C/CCCC(C)=O. The molecule has 0 aliphatic carbocycles. The van der Waals surface area contributed by atoms with Crippen LogP contribution in [0, 0.1) is 5.92 Å². The number of hydrogen-bond acceptors (Lipinski definition) is 3. The summed E-state index contributed by atoms with van der Waals surface area (Å²) >= 11 is 0. The van der Waals surface area contributed by atoms with E-state index >= 15 is 0 Å². The molecule has 0 aliphatic heterocycles. The summed E-state index contributed by atoms with van der Waals surface area (Å²) in [5.74, 6) is -0.0335. The molecule has 0 fully saturated rings. The Hall–Kier alpha value is -1.12. The van der Waals surface area contributed by atoms with Gasteiger partial charge in [0.2, 0.25) is 0 Å². The van der Waals surface area contributed by atoms with Gasteiger partial charge in [-0.15, -0.1) is 0 Å². The molecule has 0 saturated heterocycles. The van der Waals surface area contributed by atoms with E-state index in [4.69, 9.17) is 0 Å². The topological polar surface area (TPSA) is 43.4 Å². The van der Waals surface area contributed by atoms with Gasteiger partial charge in [0.15, 0.2) is 0 Å². The van der Waals surface area contributed by atoms with Crippen molar-refractivity contribution in [3.8, 4) is 0 Å². The number of methoxy groups -OCH3 is 1. The van der Waals surface area contributed by atoms with Crippen LogP contribution in [0.5, 0.6) is 0 Å². The third-order valence-electron chi connectivity index (χ3n) is 2.16. The monoisotopic (exact) mass is 212 g/mol. The number of unbranched alkanes of at least 4 members (excludes halogenated alkanes) is 1. The summed E-state index contributed by atoms with van der Waals surface area (Å²) in [5, 5.41) is 0. The van der Waals surface area contributed by atoms with Crippen molar-refractivity contribution in [2.75, 3.05) is 7.11 Å². The smallest absolute Gasteiger partial charge is 0.308 e. The molecule has 86 valence electrons. The largest absolute Gasteiger partial charge is 0.469 e. The Labute approximate surface area is 91.5 Å². The van der Waals surface area contributed by atoms with Gasteiger partial charge in [0.1, 0.15) is 5.78 Å². The highest BCUT2D eigenvalue weighted by Crippen LogP contribution is 2.06. The second-order valence-electron chi connectivity index (χ2n) is 3.73. The van der Waals surface area contributed by atoms with Crippen LogP contribution < -0.4 is 0 Å². The zero-order chi connectivity index (χ0) is 11.7. The lowest BCUT2D eigenvalue weighted by molar-refractivity contribution is -0.144. The molecule has 0 amide bonds. The van der Waals surface area contributed by atoms with E-state index in [1.807, 2.05) is 19.1 Å². The standard InChI is InChI=1S/C12H20O3/c1-10(12(14)15-3)8-6-4-5-7-9-11(2)13/h4,6,10H,5,7-9H2,1-3H3/b6-4+. The van der Waals surface area contributed by atoms with Crippen molar-refractivity contribution < 1.29 is 14.3 Å². The number of esters is 1. The molecular weight excluding hydrogens is 192 g/mol. The molecule has 0 aromatic rings. The van der Waals surface area contributed by atoms with E-state index in [0.717, 1.165) is 12.8 Å². The van der Waals surface area contributed by atoms with Crippen molar-refractivity contribution in [2.45, 2.75) is 39.5 Å². The molecule has 3 nitrogen and oxygen atoms in total. The second-order valence-corrected chi connectivity index (χ2v) is 3.73. The maximum atomic E-state index is 11.0. The van der Waals surface area contributed by atoms with Crippen molar-refractivity contribution in [1.82, 2.24) is 0 Å². The van der Waals surface area contributed by atoms with Gasteiger partial charge in [-0.2, -0.15) is 0 Å². The predicted molar refractivity (Wildman–Crippen MR) is 59.5 cm³/mol. The maximum Gasteiger partial charge on any atom is 0.308 e. The van der Waals surface area contributed by atoms with Gasteiger partial charge < -0.3 is 9.53 Å². The highest BCUT2D eigenvalue weighted by molar-refractivity contribution is 5.75. The van der Waals surface area contributed by atoms with Crippen molar-refractivity contribution >= 4 is 11.8 Å². The number of allylic oxidation sites excluding steroid dienone is 2. The van der Waals surface area contributed by atoms with E-state index in [1.165, 1.54) is 7.11 Å². The number of rotatable bonds is 7. The quantitative estimate of drug-likeness (QED) is 0.370. The highest BCUT2D eigenvalue weighted by atomic mass is 16.5. The Morgan fingerprint density at radius 3 is 2.53 bits per heavy atom. The minimum atomic E-state index is -0.177. The molecule has 0 radical (unpaired) electrons. The number of hydrogen-bond donors (Lipinski definition) is 0. The van der Waals surface area contributed by atoms with Crippen LogP contribution in [0.2, 0.25) is 0 Å². The van der Waals surface area contributed by atoms with Crippen LogP contribution in [0.1, 0.15) is 39.5 Å². The molecule has 3 heteroatoms. The predicted octanol–water partition coefficient (Wildman–Crippen LogP) is 2.50. The molecular formula is C12H20O3. The number of ether oxygens (including phenoxy) is 1. The van der Waals surface area contributed by atoms with E-state index in [-0.39, 0.29) is 17.7 Å². The fraction of sp³-hybridized carbons (Fsp3) is 0.667. The summed E-state index contributed by atoms with van der Waals surface area (Å²) < 4.78 is 4.60. The first-order valence-corrected chi connectivity index (χ1v) is 5.30. The molecule has 0 spiro atoms. The normalized spacial score (nSPS) is 12.7. The van der Waals surface area contributed by atoms with Crippen molar-refractivity contribution in [3.05, 3.63) is 12.2 Å². The maximum absolute atomic E-state index is 11.0. The Morgan fingerprint density at radius 1 is 1.33 bits per heavy atom. The molecule has 0 aliphatic rings. The first kappa shape index (κ1) is 13.9. The lowest BCUT2D eigenvalue weighted by Crippen LogP contribution is -2.11. The van der Waals surface area contributed by atoms with Crippen LogP contribution in [0.25, 0.3) is 0 Å². The van der Waals surface area contributed by atoms with E-state index in [9.17, 15) is 9.59 Å². The van der Waals surface area contributed by atoms with Gasteiger partial charge in [0.05, 0.1) is 13.0 Å². The molecule has 0 heterocycles. The zero-order valence-electron chi connectivity index (χ0n) is 9.79. The molecule has 1 unspecified atom stereocenters. The van der Waals surface area contributed by atoms with Crippen LogP contribution in [-0.4, -0.2) is 18.9 Å². The van der Waals surface area contributed by atoms with Gasteiger partial charge in [0, 0.05) is 6.42 Å². The van der Waals surface area contributed by atoms with Crippen LogP contribution in [0.15, 0.2) is 12.2 Å². The number of Topliss-reactive ketones (excluding diaryl/α,β-unsaturated/α-hetero) is 1. The second kappa shape index (κ2) is 8.21. The minimum Gasteiger partial charge on any atom is -0.469 e. The minimum absolute atomic E-state index is 0.0842. The third kappa shape index (κ3) is 7.91. The zero-order valence-corrected chi connectivity index (χ0v) is 9.79. The summed E-state index contributed by atoms with van der Waals surface area (Å²) in [7, 11) is 1.40. The average molecular weight is 212 g/mol. The Morgan fingerprint density at radius 2 is 2.00 bits per heavy atom. The van der Waals surface area contributed by atoms with Gasteiger partial charge in [-0.25, -0.2) is 0 Å². The Balaban J connectivity index is 3.53. The molecule has 1 atom stereocenters. The molecule has 15 heavy (non-hydrogen) atoms. The number of carbonyl (C=O) groups is 2. The lowest BCUT2D eigenvalue weighted by atomic mass is 10.1. The summed E-state index contributed by atoms with van der Waals surface area (Å²) in [6.07, 6.45) is 7.11. The van der Waals surface area contributed by atoms with E-state index in [0.29, 0.717) is 12.8 Å². The van der Waals surface area contributed by atoms with Crippen LogP contribution in [-0.2, 0) is 14.3 Å². The molecule has 0 saturated carbocycles. The van der Waals surface area contributed by atoms with Gasteiger partial charge in [-0.3, -0.25) is 4.79 Å². The fourth-order valence-electron chi connectivity index (χ4n) is 1.18. The van der Waals surface area contributed by atoms with Crippen LogP contribution >= 0.6 is 0 Å². The molecule has 0 aromatic heterocycles. The molecule has 0 N–H and O–H groups in total. The van der Waals surface area contributed by atoms with Gasteiger partial charge >= 0.3 is 5.97 Å². The molecule has 0 bridgehead atoms.